The maximum Gasteiger partial charge on any atom is 0.322 e. The van der Waals surface area contributed by atoms with Crippen molar-refractivity contribution in [2.45, 2.75) is 26.3 Å². The molecule has 0 aliphatic rings. The second kappa shape index (κ2) is 7.23. The molecule has 88 valence electrons. The molecule has 0 heterocycles. The quantitative estimate of drug-likeness (QED) is 0.635. The van der Waals surface area contributed by atoms with E-state index in [9.17, 15) is 9.59 Å². The summed E-state index contributed by atoms with van der Waals surface area (Å²) in [6.45, 7) is 4.66. The van der Waals surface area contributed by atoms with Crippen LogP contribution in [0.25, 0.3) is 0 Å². The summed E-state index contributed by atoms with van der Waals surface area (Å²) in [5, 5.41) is 2.53. The number of carbonyl (C=O) groups is 2. The zero-order valence-corrected chi connectivity index (χ0v) is 9.87. The van der Waals surface area contributed by atoms with E-state index in [1.807, 2.05) is 6.92 Å². The summed E-state index contributed by atoms with van der Waals surface area (Å²) in [6.07, 6.45) is 0.887. The standard InChI is InChI=1S/C10H20N2O3/c1-5-6-12(7-9(13)11-3)8(2)10(14)15-4/h8H,5-7H2,1-4H3,(H,11,13). The number of methoxy groups -OCH3 is 1. The maximum absolute atomic E-state index is 11.3. The highest BCUT2D eigenvalue weighted by molar-refractivity contribution is 5.80. The molecule has 5 nitrogen and oxygen atoms in total. The van der Waals surface area contributed by atoms with Gasteiger partial charge in [-0.05, 0) is 19.9 Å². The minimum atomic E-state index is -0.382. The number of nitrogens with zero attached hydrogens (tertiary/aromatic N) is 1. The predicted molar refractivity (Wildman–Crippen MR) is 57.4 cm³/mol. The SMILES string of the molecule is CCCN(CC(=O)NC)C(C)C(=O)OC. The van der Waals surface area contributed by atoms with Crippen molar-refractivity contribution in [2.24, 2.45) is 0 Å². The van der Waals surface area contributed by atoms with Gasteiger partial charge in [0.05, 0.1) is 13.7 Å². The highest BCUT2D eigenvalue weighted by atomic mass is 16.5. The van der Waals surface area contributed by atoms with Gasteiger partial charge >= 0.3 is 5.97 Å². The smallest absolute Gasteiger partial charge is 0.322 e. The van der Waals surface area contributed by atoms with E-state index in [0.717, 1.165) is 6.42 Å². The normalized spacial score (nSPS) is 12.3. The van der Waals surface area contributed by atoms with Gasteiger partial charge in [-0.25, -0.2) is 0 Å². The second-order valence-electron chi connectivity index (χ2n) is 3.34. The number of hydrogen-bond acceptors (Lipinski definition) is 4. The molecular formula is C10H20N2O3. The highest BCUT2D eigenvalue weighted by Gasteiger charge is 2.22. The Labute approximate surface area is 90.8 Å². The van der Waals surface area contributed by atoms with Crippen LogP contribution < -0.4 is 5.32 Å². The van der Waals surface area contributed by atoms with Crippen molar-refractivity contribution in [1.29, 1.82) is 0 Å². The van der Waals surface area contributed by atoms with Gasteiger partial charge in [-0.1, -0.05) is 6.92 Å². The first-order chi connectivity index (χ1) is 7.06. The summed E-state index contributed by atoms with van der Waals surface area (Å²) >= 11 is 0. The van der Waals surface area contributed by atoms with Crippen molar-refractivity contribution < 1.29 is 14.3 Å². The summed E-state index contributed by atoms with van der Waals surface area (Å²) in [4.78, 5) is 24.3. The topological polar surface area (TPSA) is 58.6 Å². The minimum Gasteiger partial charge on any atom is -0.468 e. The van der Waals surface area contributed by atoms with Gasteiger partial charge in [0.25, 0.3) is 0 Å². The summed E-state index contributed by atoms with van der Waals surface area (Å²) in [6, 6.07) is -0.382. The Morgan fingerprint density at radius 2 is 2.07 bits per heavy atom. The Balaban J connectivity index is 4.36. The number of esters is 1. The number of amides is 1. The Kier molecular flexibility index (Phi) is 6.70. The van der Waals surface area contributed by atoms with Crippen molar-refractivity contribution >= 4 is 11.9 Å². The molecule has 0 radical (unpaired) electrons. The van der Waals surface area contributed by atoms with Crippen LogP contribution in [-0.2, 0) is 14.3 Å². The van der Waals surface area contributed by atoms with E-state index < -0.39 is 0 Å². The zero-order chi connectivity index (χ0) is 11.8. The van der Waals surface area contributed by atoms with E-state index in [1.54, 1.807) is 18.9 Å². The molecule has 1 unspecified atom stereocenters. The molecule has 0 aliphatic heterocycles. The lowest BCUT2D eigenvalue weighted by molar-refractivity contribution is -0.146. The van der Waals surface area contributed by atoms with E-state index in [1.165, 1.54) is 7.11 Å². The van der Waals surface area contributed by atoms with Crippen LogP contribution in [-0.4, -0.2) is 50.1 Å². The van der Waals surface area contributed by atoms with Gasteiger partial charge in [0.1, 0.15) is 6.04 Å². The molecule has 0 aromatic heterocycles. The molecule has 1 N–H and O–H groups in total. The fraction of sp³-hybridized carbons (Fsp3) is 0.800. The van der Waals surface area contributed by atoms with Crippen molar-refractivity contribution in [3.63, 3.8) is 0 Å². The molecule has 0 aromatic rings. The van der Waals surface area contributed by atoms with Gasteiger partial charge in [0, 0.05) is 7.05 Å². The van der Waals surface area contributed by atoms with Crippen molar-refractivity contribution in [3.05, 3.63) is 0 Å². The van der Waals surface area contributed by atoms with Gasteiger partial charge < -0.3 is 10.1 Å². The number of carbonyl (C=O) groups excluding carboxylic acids is 2. The summed E-state index contributed by atoms with van der Waals surface area (Å²) in [5.41, 5.74) is 0. The number of hydrogen-bond donors (Lipinski definition) is 1. The fourth-order valence-electron chi connectivity index (χ4n) is 1.28. The fourth-order valence-corrected chi connectivity index (χ4v) is 1.28. The second-order valence-corrected chi connectivity index (χ2v) is 3.34. The first-order valence-electron chi connectivity index (χ1n) is 5.09. The summed E-state index contributed by atoms with van der Waals surface area (Å²) < 4.78 is 4.64. The van der Waals surface area contributed by atoms with Crippen molar-refractivity contribution in [1.82, 2.24) is 10.2 Å². The third-order valence-corrected chi connectivity index (χ3v) is 2.23. The molecule has 15 heavy (non-hydrogen) atoms. The van der Waals surface area contributed by atoms with Gasteiger partial charge in [0.15, 0.2) is 0 Å². The molecule has 0 fully saturated rings. The van der Waals surface area contributed by atoms with Crippen LogP contribution >= 0.6 is 0 Å². The molecule has 1 amide bonds. The molecule has 0 aliphatic carbocycles. The van der Waals surface area contributed by atoms with Crippen LogP contribution in [0.3, 0.4) is 0 Å². The average Bonchev–Trinajstić information content (AvgIpc) is 2.26. The van der Waals surface area contributed by atoms with Crippen LogP contribution in [0.15, 0.2) is 0 Å². The van der Waals surface area contributed by atoms with E-state index in [2.05, 4.69) is 10.1 Å². The molecule has 0 saturated carbocycles. The number of nitrogens with one attached hydrogen (secondary N) is 1. The van der Waals surface area contributed by atoms with Crippen LogP contribution in [0.5, 0.6) is 0 Å². The van der Waals surface area contributed by atoms with Gasteiger partial charge in [-0.15, -0.1) is 0 Å². The summed E-state index contributed by atoms with van der Waals surface area (Å²) in [7, 11) is 2.93. The van der Waals surface area contributed by atoms with Gasteiger partial charge in [0.2, 0.25) is 5.91 Å². The van der Waals surface area contributed by atoms with E-state index >= 15 is 0 Å². The maximum atomic E-state index is 11.3. The zero-order valence-electron chi connectivity index (χ0n) is 9.87. The molecule has 0 aromatic carbocycles. The van der Waals surface area contributed by atoms with Crippen LogP contribution in [0, 0.1) is 0 Å². The molecule has 0 rings (SSSR count). The lowest BCUT2D eigenvalue weighted by Gasteiger charge is -2.25. The van der Waals surface area contributed by atoms with Gasteiger partial charge in [-0.3, -0.25) is 14.5 Å². The predicted octanol–water partition coefficient (Wildman–Crippen LogP) is 0.00590. The first kappa shape index (κ1) is 13.9. The Bertz CT molecular complexity index is 219. The number of ether oxygens (including phenoxy) is 1. The van der Waals surface area contributed by atoms with E-state index in [-0.39, 0.29) is 24.5 Å². The average molecular weight is 216 g/mol. The molecule has 5 heteroatoms. The lowest BCUT2D eigenvalue weighted by Crippen LogP contribution is -2.45. The number of likely N-dealkylation sites (N-methyl/N-ethyl adjacent to an activating group) is 1. The third-order valence-electron chi connectivity index (χ3n) is 2.23. The lowest BCUT2D eigenvalue weighted by atomic mass is 10.2. The van der Waals surface area contributed by atoms with Crippen molar-refractivity contribution in [2.75, 3.05) is 27.2 Å². The van der Waals surface area contributed by atoms with Crippen LogP contribution in [0.1, 0.15) is 20.3 Å². The monoisotopic (exact) mass is 216 g/mol. The molecule has 0 spiro atoms. The minimum absolute atomic E-state index is 0.0980. The first-order valence-corrected chi connectivity index (χ1v) is 5.09. The Hall–Kier alpha value is -1.10. The molecule has 1 atom stereocenters. The van der Waals surface area contributed by atoms with Gasteiger partial charge in [-0.2, -0.15) is 0 Å². The molecule has 0 bridgehead atoms. The van der Waals surface area contributed by atoms with Crippen LogP contribution in [0.4, 0.5) is 0 Å². The van der Waals surface area contributed by atoms with E-state index in [0.29, 0.717) is 6.54 Å². The third kappa shape index (κ3) is 4.78. The van der Waals surface area contributed by atoms with Crippen LogP contribution in [0.2, 0.25) is 0 Å². The number of rotatable bonds is 6. The molecule has 0 saturated heterocycles. The summed E-state index contributed by atoms with van der Waals surface area (Å²) in [5.74, 6) is -0.411. The van der Waals surface area contributed by atoms with Crippen molar-refractivity contribution in [3.8, 4) is 0 Å². The Morgan fingerprint density at radius 3 is 2.47 bits per heavy atom. The largest absolute Gasteiger partial charge is 0.468 e. The van der Waals surface area contributed by atoms with E-state index in [4.69, 9.17) is 0 Å². The molecular weight excluding hydrogens is 196 g/mol. The Morgan fingerprint density at radius 1 is 1.47 bits per heavy atom. The highest BCUT2D eigenvalue weighted by Crippen LogP contribution is 2.02.